The highest BCUT2D eigenvalue weighted by molar-refractivity contribution is 6.33. The molecule has 0 aliphatic heterocycles. The first-order chi connectivity index (χ1) is 10.5. The summed E-state index contributed by atoms with van der Waals surface area (Å²) in [4.78, 5) is 22.9. The number of allylic oxidation sites excluding steroid dienone is 3. The Balaban J connectivity index is 2.10. The number of benzene rings is 2. The maximum Gasteiger partial charge on any atom is 0.270 e. The molecule has 1 aliphatic rings. The van der Waals surface area contributed by atoms with Gasteiger partial charge in [-0.05, 0) is 41.0 Å². The molecule has 108 valence electrons. The summed E-state index contributed by atoms with van der Waals surface area (Å²) >= 11 is 0. The van der Waals surface area contributed by atoms with Crippen LogP contribution in [-0.4, -0.2) is 15.8 Å². The van der Waals surface area contributed by atoms with Crippen molar-refractivity contribution in [2.75, 3.05) is 0 Å². The molecule has 0 unspecified atom stereocenters. The summed E-state index contributed by atoms with van der Waals surface area (Å²) in [6, 6.07) is 10.4. The van der Waals surface area contributed by atoms with E-state index < -0.39 is 4.92 Å². The summed E-state index contributed by atoms with van der Waals surface area (Å²) in [5, 5.41) is 20.2. The molecule has 22 heavy (non-hydrogen) atoms. The summed E-state index contributed by atoms with van der Waals surface area (Å²) in [6.07, 6.45) is 1.61. The van der Waals surface area contributed by atoms with Crippen molar-refractivity contribution in [3.05, 3.63) is 81.9 Å². The van der Waals surface area contributed by atoms with E-state index in [4.69, 9.17) is 0 Å². The first kappa shape index (κ1) is 13.8. The molecule has 0 saturated heterocycles. The number of hydrogen-bond donors (Lipinski definition) is 1. The van der Waals surface area contributed by atoms with E-state index in [-0.39, 0.29) is 17.2 Å². The lowest BCUT2D eigenvalue weighted by Crippen LogP contribution is -2.11. The third-order valence-corrected chi connectivity index (χ3v) is 3.55. The minimum Gasteiger partial charge on any atom is -0.508 e. The van der Waals surface area contributed by atoms with E-state index >= 15 is 0 Å². The quantitative estimate of drug-likeness (QED) is 0.677. The van der Waals surface area contributed by atoms with Gasteiger partial charge in [0.25, 0.3) is 5.69 Å². The van der Waals surface area contributed by atoms with Crippen LogP contribution >= 0.6 is 0 Å². The maximum absolute atomic E-state index is 12.6. The second-order valence-corrected chi connectivity index (χ2v) is 4.95. The van der Waals surface area contributed by atoms with Gasteiger partial charge in [0.1, 0.15) is 5.75 Å². The number of aromatic hydroxyl groups is 1. The van der Waals surface area contributed by atoms with Gasteiger partial charge in [-0.15, -0.1) is 0 Å². The standard InChI is InChI=1S/C17H11NO4/c1-10-8-16(11-2-5-13(19)6-3-11)17(20)14-7-4-12(18(21)22)9-15(10)14/h2-9,19H,1H2. The Morgan fingerprint density at radius 2 is 1.73 bits per heavy atom. The van der Waals surface area contributed by atoms with Crippen molar-refractivity contribution in [1.29, 1.82) is 0 Å². The van der Waals surface area contributed by atoms with Crippen molar-refractivity contribution in [3.63, 3.8) is 0 Å². The first-order valence-corrected chi connectivity index (χ1v) is 6.51. The van der Waals surface area contributed by atoms with Crippen LogP contribution in [0.4, 0.5) is 5.69 Å². The number of nitrogens with zero attached hydrogens (tertiary/aromatic N) is 1. The maximum atomic E-state index is 12.6. The summed E-state index contributed by atoms with van der Waals surface area (Å²) in [6.45, 7) is 3.88. The van der Waals surface area contributed by atoms with Crippen LogP contribution in [0.25, 0.3) is 11.1 Å². The first-order valence-electron chi connectivity index (χ1n) is 6.51. The molecule has 0 aromatic heterocycles. The molecule has 2 aromatic rings. The van der Waals surface area contributed by atoms with Gasteiger partial charge in [-0.2, -0.15) is 0 Å². The van der Waals surface area contributed by atoms with Crippen LogP contribution in [0.3, 0.4) is 0 Å². The molecule has 0 bridgehead atoms. The normalized spacial score (nSPS) is 13.5. The monoisotopic (exact) mass is 293 g/mol. The smallest absolute Gasteiger partial charge is 0.270 e. The van der Waals surface area contributed by atoms with E-state index in [1.54, 1.807) is 18.2 Å². The third-order valence-electron chi connectivity index (χ3n) is 3.55. The van der Waals surface area contributed by atoms with Crippen molar-refractivity contribution >= 4 is 22.6 Å². The van der Waals surface area contributed by atoms with Gasteiger partial charge in [-0.25, -0.2) is 0 Å². The highest BCUT2D eigenvalue weighted by atomic mass is 16.6. The second-order valence-electron chi connectivity index (χ2n) is 4.95. The molecule has 0 heterocycles. The molecule has 0 radical (unpaired) electrons. The SMILES string of the molecule is C=C1C=C(c2ccc(O)cc2)C(=O)c2ccc([N+](=O)[O-])cc21. The average Bonchev–Trinajstić information content (AvgIpc) is 2.51. The summed E-state index contributed by atoms with van der Waals surface area (Å²) in [5.74, 6) is -0.106. The van der Waals surface area contributed by atoms with Crippen molar-refractivity contribution in [3.8, 4) is 5.75 Å². The third kappa shape index (κ3) is 2.18. The van der Waals surface area contributed by atoms with Crippen LogP contribution in [0, 0.1) is 10.1 Å². The molecule has 0 fully saturated rings. The molecule has 0 amide bonds. The fourth-order valence-corrected chi connectivity index (χ4v) is 2.43. The molecular weight excluding hydrogens is 282 g/mol. The Labute approximate surface area is 126 Å². The van der Waals surface area contributed by atoms with E-state index in [2.05, 4.69) is 6.58 Å². The second kappa shape index (κ2) is 4.96. The number of nitro groups is 1. The number of non-ortho nitro benzene ring substituents is 1. The predicted octanol–water partition coefficient (Wildman–Crippen LogP) is 3.59. The molecule has 0 atom stereocenters. The number of phenols is 1. The number of Topliss-reactive ketones (excluding diaryl/α,β-unsaturated/α-hetero) is 1. The van der Waals surface area contributed by atoms with Gasteiger partial charge < -0.3 is 5.11 Å². The van der Waals surface area contributed by atoms with E-state index in [0.29, 0.717) is 27.8 Å². The fourth-order valence-electron chi connectivity index (χ4n) is 2.43. The largest absolute Gasteiger partial charge is 0.508 e. The Morgan fingerprint density at radius 1 is 1.05 bits per heavy atom. The van der Waals surface area contributed by atoms with Crippen LogP contribution in [0.5, 0.6) is 5.75 Å². The Bertz CT molecular complexity index is 847. The van der Waals surface area contributed by atoms with Gasteiger partial charge in [-0.3, -0.25) is 14.9 Å². The fraction of sp³-hybridized carbons (Fsp3) is 0. The van der Waals surface area contributed by atoms with Crippen LogP contribution in [0.2, 0.25) is 0 Å². The molecular formula is C17H11NO4. The molecule has 0 saturated carbocycles. The lowest BCUT2D eigenvalue weighted by atomic mass is 9.84. The van der Waals surface area contributed by atoms with Crippen molar-refractivity contribution in [2.24, 2.45) is 0 Å². The molecule has 0 spiro atoms. The van der Waals surface area contributed by atoms with Crippen molar-refractivity contribution < 1.29 is 14.8 Å². The highest BCUT2D eigenvalue weighted by Crippen LogP contribution is 2.35. The average molecular weight is 293 g/mol. The van der Waals surface area contributed by atoms with Gasteiger partial charge in [-0.1, -0.05) is 18.7 Å². The van der Waals surface area contributed by atoms with Crippen LogP contribution in [-0.2, 0) is 0 Å². The van der Waals surface area contributed by atoms with Crippen molar-refractivity contribution in [1.82, 2.24) is 0 Å². The van der Waals surface area contributed by atoms with E-state index in [9.17, 15) is 20.0 Å². The van der Waals surface area contributed by atoms with E-state index in [1.165, 1.54) is 30.3 Å². The molecule has 3 rings (SSSR count). The zero-order chi connectivity index (χ0) is 15.9. The lowest BCUT2D eigenvalue weighted by molar-refractivity contribution is -0.384. The zero-order valence-corrected chi connectivity index (χ0v) is 11.4. The van der Waals surface area contributed by atoms with Gasteiger partial charge >= 0.3 is 0 Å². The summed E-state index contributed by atoms with van der Waals surface area (Å²) in [7, 11) is 0. The van der Waals surface area contributed by atoms with E-state index in [1.807, 2.05) is 0 Å². The lowest BCUT2D eigenvalue weighted by Gasteiger charge is -2.17. The van der Waals surface area contributed by atoms with E-state index in [0.717, 1.165) is 0 Å². The number of carbonyl (C=O) groups excluding carboxylic acids is 1. The minimum atomic E-state index is -0.503. The van der Waals surface area contributed by atoms with Crippen LogP contribution < -0.4 is 0 Å². The number of rotatable bonds is 2. The number of ketones is 1. The summed E-state index contributed by atoms with van der Waals surface area (Å²) < 4.78 is 0. The number of phenolic OH excluding ortho intramolecular Hbond substituents is 1. The minimum absolute atomic E-state index is 0.0748. The summed E-state index contributed by atoms with van der Waals surface area (Å²) in [5.41, 5.74) is 2.44. The van der Waals surface area contributed by atoms with Gasteiger partial charge in [0, 0.05) is 23.3 Å². The molecule has 5 nitrogen and oxygen atoms in total. The highest BCUT2D eigenvalue weighted by Gasteiger charge is 2.25. The number of carbonyl (C=O) groups is 1. The Hall–Kier alpha value is -3.21. The predicted molar refractivity (Wildman–Crippen MR) is 82.5 cm³/mol. The Kier molecular flexibility index (Phi) is 3.10. The van der Waals surface area contributed by atoms with Gasteiger partial charge in [0.2, 0.25) is 0 Å². The topological polar surface area (TPSA) is 80.4 Å². The number of hydrogen-bond acceptors (Lipinski definition) is 4. The molecule has 1 aliphatic carbocycles. The van der Waals surface area contributed by atoms with Crippen LogP contribution in [0.15, 0.2) is 55.1 Å². The molecule has 2 aromatic carbocycles. The van der Waals surface area contributed by atoms with Crippen molar-refractivity contribution in [2.45, 2.75) is 0 Å². The number of nitro benzene ring substituents is 1. The molecule has 1 N–H and O–H groups in total. The molecule has 5 heteroatoms. The van der Waals surface area contributed by atoms with Gasteiger partial charge in [0.15, 0.2) is 5.78 Å². The van der Waals surface area contributed by atoms with Crippen LogP contribution in [0.1, 0.15) is 21.5 Å². The number of fused-ring (bicyclic) bond motifs is 1. The zero-order valence-electron chi connectivity index (χ0n) is 11.4. The Morgan fingerprint density at radius 3 is 2.36 bits per heavy atom. The van der Waals surface area contributed by atoms with Gasteiger partial charge in [0.05, 0.1) is 4.92 Å².